The summed E-state index contributed by atoms with van der Waals surface area (Å²) in [5.74, 6) is 2.23. The molecule has 1 unspecified atom stereocenters. The third-order valence-electron chi connectivity index (χ3n) is 5.91. The van der Waals surface area contributed by atoms with E-state index in [1.165, 1.54) is 5.56 Å². The van der Waals surface area contributed by atoms with E-state index in [2.05, 4.69) is 11.6 Å². The lowest BCUT2D eigenvalue weighted by molar-refractivity contribution is 0.414. The van der Waals surface area contributed by atoms with Crippen LogP contribution in [0.3, 0.4) is 0 Å². The maximum absolute atomic E-state index is 13.1. The minimum Gasteiger partial charge on any atom is -0.497 e. The van der Waals surface area contributed by atoms with Crippen molar-refractivity contribution in [2.45, 2.75) is 31.1 Å². The largest absolute Gasteiger partial charge is 0.497 e. The van der Waals surface area contributed by atoms with Crippen molar-refractivity contribution >= 4 is 37.5 Å². The van der Waals surface area contributed by atoms with Crippen LogP contribution in [-0.2, 0) is 22.9 Å². The molecule has 4 aromatic rings. The molecule has 3 aromatic carbocycles. The highest BCUT2D eigenvalue weighted by atomic mass is 32.2. The molecule has 5 rings (SSSR count). The summed E-state index contributed by atoms with van der Waals surface area (Å²) >= 11 is 0. The van der Waals surface area contributed by atoms with Crippen LogP contribution in [-0.4, -0.2) is 15.5 Å². The number of hydrogen-bond donors (Lipinski definition) is 1. The predicted molar refractivity (Wildman–Crippen MR) is 119 cm³/mol. The first-order valence-corrected chi connectivity index (χ1v) is 11.6. The second-order valence-electron chi connectivity index (χ2n) is 7.98. The first-order chi connectivity index (χ1) is 14.5. The van der Waals surface area contributed by atoms with Gasteiger partial charge in [-0.15, -0.1) is 0 Å². The van der Waals surface area contributed by atoms with Crippen molar-refractivity contribution in [1.82, 2.24) is 0 Å². The SMILES string of the molecule is COc1ccc(S(=O)(=O)Nc2cc3c4c(oc3c3ccccc23)CCC(C)C4)cc1. The predicted octanol–water partition coefficient (Wildman–Crippen LogP) is 5.52. The van der Waals surface area contributed by atoms with Crippen molar-refractivity contribution in [1.29, 1.82) is 0 Å². The molecule has 0 spiro atoms. The van der Waals surface area contributed by atoms with Gasteiger partial charge in [-0.1, -0.05) is 31.2 Å². The quantitative estimate of drug-likeness (QED) is 0.471. The van der Waals surface area contributed by atoms with E-state index in [9.17, 15) is 8.42 Å². The first-order valence-electron chi connectivity index (χ1n) is 10.1. The minimum atomic E-state index is -3.75. The zero-order valence-corrected chi connectivity index (χ0v) is 17.8. The first kappa shape index (κ1) is 19.0. The van der Waals surface area contributed by atoms with Crippen LogP contribution in [0.5, 0.6) is 5.75 Å². The molecular formula is C24H23NO4S. The fourth-order valence-corrected chi connectivity index (χ4v) is 5.39. The number of benzene rings is 3. The Morgan fingerprint density at radius 1 is 1.03 bits per heavy atom. The molecule has 0 aliphatic heterocycles. The average Bonchev–Trinajstić information content (AvgIpc) is 3.11. The molecule has 1 aliphatic rings. The third-order valence-corrected chi connectivity index (χ3v) is 7.29. The second-order valence-corrected chi connectivity index (χ2v) is 9.66. The van der Waals surface area contributed by atoms with Gasteiger partial charge in [0.15, 0.2) is 0 Å². The average molecular weight is 422 g/mol. The number of rotatable bonds is 4. The summed E-state index contributed by atoms with van der Waals surface area (Å²) in [5.41, 5.74) is 2.62. The molecule has 1 aliphatic carbocycles. The number of sulfonamides is 1. The Bertz CT molecular complexity index is 1350. The molecule has 0 amide bonds. The van der Waals surface area contributed by atoms with Crippen LogP contribution < -0.4 is 9.46 Å². The molecule has 1 aromatic heterocycles. The van der Waals surface area contributed by atoms with Gasteiger partial charge in [0.2, 0.25) is 0 Å². The van der Waals surface area contributed by atoms with Crippen LogP contribution >= 0.6 is 0 Å². The summed E-state index contributed by atoms with van der Waals surface area (Å²) in [6, 6.07) is 16.1. The number of aryl methyl sites for hydroxylation is 1. The molecule has 1 atom stereocenters. The van der Waals surface area contributed by atoms with Gasteiger partial charge in [0, 0.05) is 28.1 Å². The number of methoxy groups -OCH3 is 1. The zero-order chi connectivity index (χ0) is 20.9. The summed E-state index contributed by atoms with van der Waals surface area (Å²) < 4.78 is 40.4. The maximum Gasteiger partial charge on any atom is 0.261 e. The monoisotopic (exact) mass is 421 g/mol. The van der Waals surface area contributed by atoms with Crippen molar-refractivity contribution in [3.05, 3.63) is 65.9 Å². The van der Waals surface area contributed by atoms with Gasteiger partial charge in [-0.2, -0.15) is 0 Å². The molecule has 0 fully saturated rings. The van der Waals surface area contributed by atoms with E-state index >= 15 is 0 Å². The Morgan fingerprint density at radius 3 is 2.50 bits per heavy atom. The topological polar surface area (TPSA) is 68.5 Å². The van der Waals surface area contributed by atoms with Gasteiger partial charge < -0.3 is 9.15 Å². The van der Waals surface area contributed by atoms with Crippen LogP contribution in [0.2, 0.25) is 0 Å². The molecule has 1 heterocycles. The van der Waals surface area contributed by atoms with Crippen molar-refractivity contribution in [2.75, 3.05) is 11.8 Å². The summed E-state index contributed by atoms with van der Waals surface area (Å²) in [7, 11) is -2.20. The van der Waals surface area contributed by atoms with Gasteiger partial charge >= 0.3 is 0 Å². The summed E-state index contributed by atoms with van der Waals surface area (Å²) in [6.07, 6.45) is 2.99. The highest BCUT2D eigenvalue weighted by molar-refractivity contribution is 7.92. The number of ether oxygens (including phenoxy) is 1. The number of nitrogens with one attached hydrogen (secondary N) is 1. The molecule has 0 bridgehead atoms. The van der Waals surface area contributed by atoms with Crippen LogP contribution in [0.1, 0.15) is 24.7 Å². The highest BCUT2D eigenvalue weighted by Gasteiger charge is 2.25. The number of anilines is 1. The lowest BCUT2D eigenvalue weighted by atomic mass is 9.87. The normalized spacial score (nSPS) is 16.5. The van der Waals surface area contributed by atoms with Gasteiger partial charge in [0.25, 0.3) is 10.0 Å². The fourth-order valence-electron chi connectivity index (χ4n) is 4.31. The van der Waals surface area contributed by atoms with E-state index in [-0.39, 0.29) is 4.90 Å². The summed E-state index contributed by atoms with van der Waals surface area (Å²) in [6.45, 7) is 2.25. The molecule has 154 valence electrons. The Morgan fingerprint density at radius 2 is 1.77 bits per heavy atom. The number of furan rings is 1. The molecule has 0 saturated heterocycles. The third kappa shape index (κ3) is 3.12. The van der Waals surface area contributed by atoms with Crippen molar-refractivity contribution in [2.24, 2.45) is 5.92 Å². The van der Waals surface area contributed by atoms with E-state index < -0.39 is 10.0 Å². The highest BCUT2D eigenvalue weighted by Crippen LogP contribution is 2.40. The Hall–Kier alpha value is -2.99. The number of fused-ring (bicyclic) bond motifs is 5. The van der Waals surface area contributed by atoms with Gasteiger partial charge in [-0.05, 0) is 49.1 Å². The molecule has 0 saturated carbocycles. The van der Waals surface area contributed by atoms with Crippen molar-refractivity contribution in [3.63, 3.8) is 0 Å². The molecule has 6 heteroatoms. The summed E-state index contributed by atoms with van der Waals surface area (Å²) in [4.78, 5) is 0.190. The van der Waals surface area contributed by atoms with Gasteiger partial charge in [-0.3, -0.25) is 4.72 Å². The van der Waals surface area contributed by atoms with Crippen LogP contribution in [0.4, 0.5) is 5.69 Å². The lowest BCUT2D eigenvalue weighted by Crippen LogP contribution is -2.13. The molecular weight excluding hydrogens is 398 g/mol. The standard InChI is InChI=1S/C24H23NO4S/c1-15-7-12-23-20(13-15)21-14-22(18-5-3-4-6-19(18)24(21)29-23)25-30(26,27)17-10-8-16(28-2)9-11-17/h3-6,8-11,14-15,25H,7,12-13H2,1-2H3. The molecule has 30 heavy (non-hydrogen) atoms. The smallest absolute Gasteiger partial charge is 0.261 e. The zero-order valence-electron chi connectivity index (χ0n) is 16.9. The van der Waals surface area contributed by atoms with Gasteiger partial charge in [0.1, 0.15) is 17.1 Å². The van der Waals surface area contributed by atoms with E-state index in [1.807, 2.05) is 30.3 Å². The Kier molecular flexibility index (Phi) is 4.47. The Labute approximate surface area is 175 Å². The van der Waals surface area contributed by atoms with Crippen LogP contribution in [0, 0.1) is 5.92 Å². The van der Waals surface area contributed by atoms with Gasteiger partial charge in [0.05, 0.1) is 17.7 Å². The Balaban J connectivity index is 1.66. The van der Waals surface area contributed by atoms with E-state index in [0.29, 0.717) is 17.4 Å². The van der Waals surface area contributed by atoms with E-state index in [0.717, 1.165) is 46.8 Å². The van der Waals surface area contributed by atoms with Crippen LogP contribution in [0.25, 0.3) is 21.7 Å². The molecule has 0 radical (unpaired) electrons. The van der Waals surface area contributed by atoms with Crippen molar-refractivity contribution < 1.29 is 17.6 Å². The number of hydrogen-bond acceptors (Lipinski definition) is 4. The molecule has 1 N–H and O–H groups in total. The van der Waals surface area contributed by atoms with Gasteiger partial charge in [-0.25, -0.2) is 8.42 Å². The fraction of sp³-hybridized carbons (Fsp3) is 0.250. The molecule has 5 nitrogen and oxygen atoms in total. The summed E-state index contributed by atoms with van der Waals surface area (Å²) in [5, 5.41) is 2.74. The van der Waals surface area contributed by atoms with Crippen molar-refractivity contribution in [3.8, 4) is 5.75 Å². The second kappa shape index (κ2) is 7.06. The minimum absolute atomic E-state index is 0.190. The van der Waals surface area contributed by atoms with Crippen LogP contribution in [0.15, 0.2) is 63.9 Å². The lowest BCUT2D eigenvalue weighted by Gasteiger charge is -2.17. The van der Waals surface area contributed by atoms with E-state index in [4.69, 9.17) is 9.15 Å². The maximum atomic E-state index is 13.1. The van der Waals surface area contributed by atoms with E-state index in [1.54, 1.807) is 31.4 Å².